The highest BCUT2D eigenvalue weighted by atomic mass is 32.2. The molecule has 1 N–H and O–H groups in total. The van der Waals surface area contributed by atoms with E-state index >= 15 is 0 Å². The zero-order chi connectivity index (χ0) is 17.5. The number of nitrogens with zero attached hydrogens (tertiary/aromatic N) is 1. The zero-order valence-electron chi connectivity index (χ0n) is 12.7. The van der Waals surface area contributed by atoms with E-state index in [1.54, 1.807) is 18.5 Å². The van der Waals surface area contributed by atoms with Crippen LogP contribution >= 0.6 is 0 Å². The number of benzene rings is 1. The molecule has 1 aromatic heterocycles. The number of carbonyl (C=O) groups is 1. The van der Waals surface area contributed by atoms with E-state index in [-0.39, 0.29) is 23.4 Å². The number of hydrogen-bond donors (Lipinski definition) is 1. The summed E-state index contributed by atoms with van der Waals surface area (Å²) >= 11 is 0. The van der Waals surface area contributed by atoms with E-state index < -0.39 is 26.4 Å². The van der Waals surface area contributed by atoms with Crippen molar-refractivity contribution in [3.05, 3.63) is 53.9 Å². The minimum Gasteiger partial charge on any atom is -0.326 e. The molecule has 0 unspecified atom stereocenters. The van der Waals surface area contributed by atoms with Gasteiger partial charge in [0.2, 0.25) is 5.91 Å². The van der Waals surface area contributed by atoms with Gasteiger partial charge in [0.05, 0.1) is 0 Å². The van der Waals surface area contributed by atoms with Crippen LogP contribution in [0.4, 0.5) is 14.5 Å². The number of nitrogens with one attached hydrogen (secondary N) is 1. The Labute approximate surface area is 137 Å². The second-order valence-corrected chi connectivity index (χ2v) is 7.72. The molecule has 0 bridgehead atoms. The van der Waals surface area contributed by atoms with Crippen molar-refractivity contribution >= 4 is 21.4 Å². The number of rotatable bonds is 4. The maximum atomic E-state index is 13.8. The van der Waals surface area contributed by atoms with Gasteiger partial charge >= 0.3 is 0 Å². The predicted octanol–water partition coefficient (Wildman–Crippen LogP) is 2.51. The van der Waals surface area contributed by atoms with E-state index in [0.717, 1.165) is 24.0 Å². The Morgan fingerprint density at radius 3 is 2.50 bits per heavy atom. The minimum atomic E-state index is -4.03. The van der Waals surface area contributed by atoms with E-state index in [0.29, 0.717) is 6.42 Å². The standard InChI is InChI=1S/C16H14F2N2O3S/c1-24(22,23)15-13(17)5-10(6-14(15)18)20-16(21)12-7-11(12)9-3-2-4-19-8-9/h2-6,8,11-12H,7H2,1H3,(H,20,21)/t11-,12+/m1/s1. The van der Waals surface area contributed by atoms with Crippen LogP contribution in [0.5, 0.6) is 0 Å². The minimum absolute atomic E-state index is 0.0312. The summed E-state index contributed by atoms with van der Waals surface area (Å²) in [6.45, 7) is 0. The molecular formula is C16H14F2N2O3S. The van der Waals surface area contributed by atoms with Gasteiger partial charge < -0.3 is 5.32 Å². The summed E-state index contributed by atoms with van der Waals surface area (Å²) in [5.41, 5.74) is 0.821. The predicted molar refractivity (Wildman–Crippen MR) is 83.2 cm³/mol. The van der Waals surface area contributed by atoms with Gasteiger partial charge in [0.25, 0.3) is 0 Å². The molecule has 0 saturated heterocycles. The molecule has 1 aliphatic carbocycles. The molecular weight excluding hydrogens is 338 g/mol. The quantitative estimate of drug-likeness (QED) is 0.917. The average Bonchev–Trinajstić information content (AvgIpc) is 3.26. The second-order valence-electron chi connectivity index (χ2n) is 5.77. The number of sulfone groups is 1. The maximum Gasteiger partial charge on any atom is 0.228 e. The summed E-state index contributed by atoms with van der Waals surface area (Å²) in [7, 11) is -4.03. The lowest BCUT2D eigenvalue weighted by atomic mass is 10.1. The highest BCUT2D eigenvalue weighted by Gasteiger charge is 2.44. The fourth-order valence-electron chi connectivity index (χ4n) is 2.67. The normalized spacial score (nSPS) is 19.8. The van der Waals surface area contributed by atoms with E-state index in [1.807, 2.05) is 6.07 Å². The first-order chi connectivity index (χ1) is 11.3. The van der Waals surface area contributed by atoms with Crippen molar-refractivity contribution < 1.29 is 22.0 Å². The fourth-order valence-corrected chi connectivity index (χ4v) is 3.50. The molecule has 5 nitrogen and oxygen atoms in total. The van der Waals surface area contributed by atoms with Crippen LogP contribution in [0.15, 0.2) is 41.6 Å². The average molecular weight is 352 g/mol. The second kappa shape index (κ2) is 5.94. The lowest BCUT2D eigenvalue weighted by molar-refractivity contribution is -0.117. The number of halogens is 2. The van der Waals surface area contributed by atoms with Crippen molar-refractivity contribution in [3.8, 4) is 0 Å². The van der Waals surface area contributed by atoms with Crippen LogP contribution in [0, 0.1) is 17.6 Å². The Kier molecular flexibility index (Phi) is 4.08. The van der Waals surface area contributed by atoms with Gasteiger partial charge in [-0.25, -0.2) is 17.2 Å². The Hall–Kier alpha value is -2.35. The van der Waals surface area contributed by atoms with Gasteiger partial charge in [-0.15, -0.1) is 0 Å². The first-order valence-electron chi connectivity index (χ1n) is 7.17. The molecule has 1 aliphatic rings. The molecule has 1 fully saturated rings. The number of amides is 1. The van der Waals surface area contributed by atoms with Crippen molar-refractivity contribution in [3.63, 3.8) is 0 Å². The number of pyridine rings is 1. The molecule has 24 heavy (non-hydrogen) atoms. The van der Waals surface area contributed by atoms with E-state index in [2.05, 4.69) is 10.3 Å². The van der Waals surface area contributed by atoms with Gasteiger partial charge in [-0.2, -0.15) is 0 Å². The van der Waals surface area contributed by atoms with Crippen LogP contribution in [-0.2, 0) is 14.6 Å². The highest BCUT2D eigenvalue weighted by molar-refractivity contribution is 7.90. The highest BCUT2D eigenvalue weighted by Crippen LogP contribution is 2.47. The molecule has 3 rings (SSSR count). The maximum absolute atomic E-state index is 13.8. The van der Waals surface area contributed by atoms with Crippen LogP contribution < -0.4 is 5.32 Å². The molecule has 0 spiro atoms. The lowest BCUT2D eigenvalue weighted by Crippen LogP contribution is -2.15. The monoisotopic (exact) mass is 352 g/mol. The Balaban J connectivity index is 1.75. The van der Waals surface area contributed by atoms with Crippen LogP contribution in [-0.4, -0.2) is 25.6 Å². The van der Waals surface area contributed by atoms with Crippen molar-refractivity contribution in [1.82, 2.24) is 4.98 Å². The largest absolute Gasteiger partial charge is 0.326 e. The molecule has 1 heterocycles. The van der Waals surface area contributed by atoms with Crippen LogP contribution in [0.1, 0.15) is 17.9 Å². The molecule has 1 aromatic carbocycles. The van der Waals surface area contributed by atoms with E-state index in [4.69, 9.17) is 0 Å². The SMILES string of the molecule is CS(=O)(=O)c1c(F)cc(NC(=O)[C@H]2C[C@@H]2c2cccnc2)cc1F. The third-order valence-corrected chi connectivity index (χ3v) is 5.01. The smallest absolute Gasteiger partial charge is 0.228 e. The van der Waals surface area contributed by atoms with E-state index in [1.165, 1.54) is 0 Å². The fraction of sp³-hybridized carbons (Fsp3) is 0.250. The van der Waals surface area contributed by atoms with Gasteiger partial charge in [-0.1, -0.05) is 6.07 Å². The molecule has 1 saturated carbocycles. The molecule has 0 radical (unpaired) electrons. The molecule has 1 amide bonds. The summed E-state index contributed by atoms with van der Waals surface area (Å²) in [6, 6.07) is 5.25. The number of hydrogen-bond acceptors (Lipinski definition) is 4. The Morgan fingerprint density at radius 2 is 1.96 bits per heavy atom. The van der Waals surface area contributed by atoms with Gasteiger partial charge in [0, 0.05) is 30.3 Å². The van der Waals surface area contributed by atoms with Crippen molar-refractivity contribution in [2.24, 2.45) is 5.92 Å². The Morgan fingerprint density at radius 1 is 1.29 bits per heavy atom. The van der Waals surface area contributed by atoms with Crippen LogP contribution in [0.3, 0.4) is 0 Å². The summed E-state index contributed by atoms with van der Waals surface area (Å²) in [4.78, 5) is 15.2. The first-order valence-corrected chi connectivity index (χ1v) is 9.06. The third-order valence-electron chi connectivity index (χ3n) is 3.88. The Bertz CT molecular complexity index is 878. The van der Waals surface area contributed by atoms with Gasteiger partial charge in [-0.05, 0) is 36.1 Å². The van der Waals surface area contributed by atoms with Crippen molar-refractivity contribution in [2.75, 3.05) is 11.6 Å². The lowest BCUT2D eigenvalue weighted by Gasteiger charge is -2.08. The van der Waals surface area contributed by atoms with Gasteiger partial charge in [0.1, 0.15) is 16.5 Å². The summed E-state index contributed by atoms with van der Waals surface area (Å²) in [5.74, 6) is -3.09. The molecule has 2 atom stereocenters. The number of aromatic nitrogens is 1. The summed E-state index contributed by atoms with van der Waals surface area (Å²) < 4.78 is 50.4. The van der Waals surface area contributed by atoms with Gasteiger partial charge in [0.15, 0.2) is 9.84 Å². The molecule has 8 heteroatoms. The topological polar surface area (TPSA) is 76.1 Å². The summed E-state index contributed by atoms with van der Waals surface area (Å²) in [6.07, 6.45) is 4.66. The first kappa shape index (κ1) is 16.5. The zero-order valence-corrected chi connectivity index (χ0v) is 13.5. The molecule has 126 valence electrons. The number of carbonyl (C=O) groups excluding carboxylic acids is 1. The molecule has 0 aliphatic heterocycles. The van der Waals surface area contributed by atoms with Crippen molar-refractivity contribution in [1.29, 1.82) is 0 Å². The van der Waals surface area contributed by atoms with Crippen LogP contribution in [0.2, 0.25) is 0 Å². The number of anilines is 1. The summed E-state index contributed by atoms with van der Waals surface area (Å²) in [5, 5.41) is 2.43. The third kappa shape index (κ3) is 3.28. The van der Waals surface area contributed by atoms with E-state index in [9.17, 15) is 22.0 Å². The molecule has 2 aromatic rings. The van der Waals surface area contributed by atoms with Gasteiger partial charge in [-0.3, -0.25) is 9.78 Å². The van der Waals surface area contributed by atoms with Crippen LogP contribution in [0.25, 0.3) is 0 Å². The van der Waals surface area contributed by atoms with Crippen molar-refractivity contribution in [2.45, 2.75) is 17.2 Å².